The van der Waals surface area contributed by atoms with Crippen LogP contribution in [0.4, 0.5) is 18.9 Å². The minimum absolute atomic E-state index is 0.408. The van der Waals surface area contributed by atoms with Crippen molar-refractivity contribution in [2.75, 3.05) is 37.8 Å². The molecule has 0 aliphatic carbocycles. The summed E-state index contributed by atoms with van der Waals surface area (Å²) in [6, 6.07) is 5.60. The number of fused-ring (bicyclic) bond motifs is 1. The molecule has 0 amide bonds. The fourth-order valence-electron chi connectivity index (χ4n) is 3.84. The number of sulfonamides is 1. The molecule has 1 N–H and O–H groups in total. The number of hydrogen-bond donors (Lipinski definition) is 1. The first-order valence-electron chi connectivity index (χ1n) is 8.74. The van der Waals surface area contributed by atoms with Crippen LogP contribution in [0.1, 0.15) is 24.0 Å². The Hall–Kier alpha value is -1.32. The fraction of sp³-hybridized carbons (Fsp3) is 0.647. The van der Waals surface area contributed by atoms with Gasteiger partial charge in [0.15, 0.2) is 0 Å². The maximum absolute atomic E-state index is 12.8. The number of alkyl halides is 3. The third-order valence-electron chi connectivity index (χ3n) is 5.05. The second-order valence-electron chi connectivity index (χ2n) is 7.06. The molecule has 146 valence electrons. The number of hydrogen-bond acceptors (Lipinski definition) is 4. The molecule has 26 heavy (non-hydrogen) atoms. The molecular formula is C17H24F3N3O2S. The van der Waals surface area contributed by atoms with Crippen LogP contribution in [0.25, 0.3) is 0 Å². The van der Waals surface area contributed by atoms with Crippen molar-refractivity contribution >= 4 is 15.7 Å². The largest absolute Gasteiger partial charge is 0.402 e. The van der Waals surface area contributed by atoms with Crippen molar-refractivity contribution in [2.24, 2.45) is 0 Å². The lowest BCUT2D eigenvalue weighted by molar-refractivity contribution is -0.140. The van der Waals surface area contributed by atoms with Gasteiger partial charge in [0.1, 0.15) is 6.54 Å². The maximum Gasteiger partial charge on any atom is 0.402 e. The molecular weight excluding hydrogens is 367 g/mol. The predicted octanol–water partition coefficient (Wildman–Crippen LogP) is 2.44. The lowest BCUT2D eigenvalue weighted by Gasteiger charge is -2.37. The van der Waals surface area contributed by atoms with Crippen LogP contribution in [-0.2, 0) is 23.0 Å². The van der Waals surface area contributed by atoms with Gasteiger partial charge in [0.25, 0.3) is 0 Å². The molecule has 1 fully saturated rings. The van der Waals surface area contributed by atoms with Gasteiger partial charge in [-0.15, -0.1) is 0 Å². The van der Waals surface area contributed by atoms with E-state index in [9.17, 15) is 21.6 Å². The van der Waals surface area contributed by atoms with Crippen LogP contribution in [0.2, 0.25) is 0 Å². The molecule has 1 aromatic rings. The molecule has 5 nitrogen and oxygen atoms in total. The summed E-state index contributed by atoms with van der Waals surface area (Å²) in [4.78, 5) is 2.18. The van der Waals surface area contributed by atoms with Crippen molar-refractivity contribution in [1.82, 2.24) is 9.21 Å². The van der Waals surface area contributed by atoms with Crippen molar-refractivity contribution in [2.45, 2.75) is 38.0 Å². The van der Waals surface area contributed by atoms with Crippen molar-refractivity contribution < 1.29 is 21.6 Å². The Morgan fingerprint density at radius 2 is 1.96 bits per heavy atom. The van der Waals surface area contributed by atoms with Crippen molar-refractivity contribution in [3.63, 3.8) is 0 Å². The number of piperidine rings is 1. The van der Waals surface area contributed by atoms with Crippen LogP contribution < -0.4 is 5.32 Å². The molecule has 2 heterocycles. The van der Waals surface area contributed by atoms with E-state index in [4.69, 9.17) is 0 Å². The number of nitrogens with zero attached hydrogens (tertiary/aromatic N) is 2. The third kappa shape index (κ3) is 4.69. The second kappa shape index (κ2) is 7.36. The zero-order valence-corrected chi connectivity index (χ0v) is 15.5. The summed E-state index contributed by atoms with van der Waals surface area (Å²) in [6.45, 7) is 1.40. The highest BCUT2D eigenvalue weighted by atomic mass is 32.2. The predicted molar refractivity (Wildman–Crippen MR) is 94.5 cm³/mol. The van der Waals surface area contributed by atoms with E-state index in [1.54, 1.807) is 0 Å². The highest BCUT2D eigenvalue weighted by Crippen LogP contribution is 2.29. The van der Waals surface area contributed by atoms with E-state index in [0.717, 1.165) is 25.8 Å². The lowest BCUT2D eigenvalue weighted by Crippen LogP contribution is -2.49. The number of benzene rings is 1. The molecule has 0 bridgehead atoms. The quantitative estimate of drug-likeness (QED) is 0.838. The molecule has 0 aromatic heterocycles. The average molecular weight is 391 g/mol. The summed E-state index contributed by atoms with van der Waals surface area (Å²) >= 11 is 0. The first kappa shape index (κ1) is 19.4. The van der Waals surface area contributed by atoms with Crippen LogP contribution in [-0.4, -0.2) is 62.3 Å². The van der Waals surface area contributed by atoms with Crippen molar-refractivity contribution in [1.29, 1.82) is 0 Å². The average Bonchev–Trinajstić information content (AvgIpc) is 3.01. The standard InChI is InChI=1S/C17H24F3N3O2S/c1-26(24,25)23(12-17(18,19)20)15-6-9-22(10-7-15)11-14-4-2-3-13-5-8-21-16(13)14/h2-4,15,21H,5-12H2,1H3. The van der Waals surface area contributed by atoms with Gasteiger partial charge < -0.3 is 5.32 Å². The van der Waals surface area contributed by atoms with E-state index in [1.807, 2.05) is 6.07 Å². The Kier molecular flexibility index (Phi) is 5.50. The molecule has 1 aromatic carbocycles. The van der Waals surface area contributed by atoms with Gasteiger partial charge >= 0.3 is 6.18 Å². The highest BCUT2D eigenvalue weighted by molar-refractivity contribution is 7.88. The first-order valence-corrected chi connectivity index (χ1v) is 10.6. The van der Waals surface area contributed by atoms with Gasteiger partial charge in [-0.1, -0.05) is 18.2 Å². The van der Waals surface area contributed by atoms with Gasteiger partial charge in [0.2, 0.25) is 10.0 Å². The van der Waals surface area contributed by atoms with Gasteiger partial charge in [-0.3, -0.25) is 4.90 Å². The molecule has 2 aliphatic heterocycles. The monoisotopic (exact) mass is 391 g/mol. The van der Waals surface area contributed by atoms with Crippen molar-refractivity contribution in [3.8, 4) is 0 Å². The van der Waals surface area contributed by atoms with E-state index < -0.39 is 28.8 Å². The topological polar surface area (TPSA) is 52.7 Å². The Morgan fingerprint density at radius 1 is 1.27 bits per heavy atom. The number of para-hydroxylation sites is 1. The van der Waals surface area contributed by atoms with E-state index in [1.165, 1.54) is 16.8 Å². The molecule has 0 radical (unpaired) electrons. The number of anilines is 1. The van der Waals surface area contributed by atoms with Crippen LogP contribution in [0, 0.1) is 0 Å². The zero-order valence-electron chi connectivity index (χ0n) is 14.7. The molecule has 0 unspecified atom stereocenters. The molecule has 9 heteroatoms. The van der Waals surface area contributed by atoms with E-state index in [0.29, 0.717) is 30.2 Å². The summed E-state index contributed by atoms with van der Waals surface area (Å²) in [5, 5.41) is 3.39. The molecule has 2 aliphatic rings. The Balaban J connectivity index is 1.62. The summed E-state index contributed by atoms with van der Waals surface area (Å²) in [5.41, 5.74) is 3.66. The molecule has 0 atom stereocenters. The Labute approximate surface area is 152 Å². The number of rotatable bonds is 5. The summed E-state index contributed by atoms with van der Waals surface area (Å²) < 4.78 is 62.5. The van der Waals surface area contributed by atoms with Gasteiger partial charge in [-0.2, -0.15) is 17.5 Å². The Bertz CT molecular complexity index is 744. The maximum atomic E-state index is 12.8. The number of nitrogens with one attached hydrogen (secondary N) is 1. The first-order chi connectivity index (χ1) is 12.1. The smallest absolute Gasteiger partial charge is 0.384 e. The summed E-state index contributed by atoms with van der Waals surface area (Å²) in [6.07, 6.45) is -1.86. The van der Waals surface area contributed by atoms with Crippen LogP contribution in [0.15, 0.2) is 18.2 Å². The van der Waals surface area contributed by atoms with E-state index in [-0.39, 0.29) is 0 Å². The summed E-state index contributed by atoms with van der Waals surface area (Å²) in [7, 11) is -3.90. The SMILES string of the molecule is CS(=O)(=O)N(CC(F)(F)F)C1CCN(Cc2cccc3c2NCC3)CC1. The van der Waals surface area contributed by atoms with Gasteiger partial charge in [0.05, 0.1) is 6.26 Å². The molecule has 0 saturated carbocycles. The minimum atomic E-state index is -4.53. The van der Waals surface area contributed by atoms with E-state index in [2.05, 4.69) is 22.3 Å². The molecule has 0 spiro atoms. The second-order valence-corrected chi connectivity index (χ2v) is 8.99. The highest BCUT2D eigenvalue weighted by Gasteiger charge is 2.39. The van der Waals surface area contributed by atoms with Crippen LogP contribution >= 0.6 is 0 Å². The summed E-state index contributed by atoms with van der Waals surface area (Å²) in [5.74, 6) is 0. The minimum Gasteiger partial charge on any atom is -0.384 e. The van der Waals surface area contributed by atoms with E-state index >= 15 is 0 Å². The number of likely N-dealkylation sites (tertiary alicyclic amines) is 1. The Morgan fingerprint density at radius 3 is 2.58 bits per heavy atom. The molecule has 3 rings (SSSR count). The van der Waals surface area contributed by atoms with Gasteiger partial charge in [0, 0.05) is 37.9 Å². The third-order valence-corrected chi connectivity index (χ3v) is 6.33. The van der Waals surface area contributed by atoms with Gasteiger partial charge in [-0.05, 0) is 30.4 Å². The lowest BCUT2D eigenvalue weighted by atomic mass is 10.0. The molecule has 1 saturated heterocycles. The van der Waals surface area contributed by atoms with Gasteiger partial charge in [-0.25, -0.2) is 8.42 Å². The fourth-order valence-corrected chi connectivity index (χ4v) is 4.98. The normalized spacial score (nSPS) is 19.6. The van der Waals surface area contributed by atoms with Crippen LogP contribution in [0.3, 0.4) is 0 Å². The van der Waals surface area contributed by atoms with Crippen LogP contribution in [0.5, 0.6) is 0 Å². The zero-order chi connectivity index (χ0) is 18.9. The van der Waals surface area contributed by atoms with Crippen molar-refractivity contribution in [3.05, 3.63) is 29.3 Å². The number of halogens is 3.